The highest BCUT2D eigenvalue weighted by atomic mass is 16.4. The maximum absolute atomic E-state index is 11.3. The van der Waals surface area contributed by atoms with E-state index in [0.29, 0.717) is 46.5 Å². The quantitative estimate of drug-likeness (QED) is 0.507. The molecule has 4 nitrogen and oxygen atoms in total. The van der Waals surface area contributed by atoms with Crippen LogP contribution < -0.4 is 0 Å². The SMILES string of the molecule is C/C(=C/CC[C@@H](C)[C@H]1CC[C@H]2[C@@H]3[C@@H](O)C[C@@H]4C[C@H](O)CC[C@]4(C)[C@H]3CC[C@]12C)C(=O)O. The van der Waals surface area contributed by atoms with Crippen LogP contribution in [0.15, 0.2) is 11.6 Å². The van der Waals surface area contributed by atoms with Gasteiger partial charge in [-0.15, -0.1) is 0 Å². The fraction of sp³-hybridized carbons (Fsp3) is 0.889. The van der Waals surface area contributed by atoms with E-state index in [0.717, 1.165) is 38.5 Å². The summed E-state index contributed by atoms with van der Waals surface area (Å²) in [6.07, 6.45) is 12.1. The Bertz CT molecular complexity index is 716. The molecule has 4 saturated carbocycles. The van der Waals surface area contributed by atoms with E-state index in [-0.39, 0.29) is 17.6 Å². The number of fused-ring (bicyclic) bond motifs is 5. The van der Waals surface area contributed by atoms with Gasteiger partial charge in [0.05, 0.1) is 12.2 Å². The van der Waals surface area contributed by atoms with Crippen LogP contribution in [0.2, 0.25) is 0 Å². The lowest BCUT2D eigenvalue weighted by Crippen LogP contribution is -2.58. The van der Waals surface area contributed by atoms with Crippen LogP contribution in [0.25, 0.3) is 0 Å². The van der Waals surface area contributed by atoms with Gasteiger partial charge < -0.3 is 15.3 Å². The summed E-state index contributed by atoms with van der Waals surface area (Å²) in [6, 6.07) is 0. The summed E-state index contributed by atoms with van der Waals surface area (Å²) in [5, 5.41) is 30.7. The summed E-state index contributed by atoms with van der Waals surface area (Å²) in [6.45, 7) is 9.03. The summed E-state index contributed by atoms with van der Waals surface area (Å²) < 4.78 is 0. The van der Waals surface area contributed by atoms with Crippen molar-refractivity contribution in [3.63, 3.8) is 0 Å². The molecule has 0 saturated heterocycles. The second kappa shape index (κ2) is 8.48. The van der Waals surface area contributed by atoms with Crippen molar-refractivity contribution >= 4 is 5.97 Å². The Balaban J connectivity index is 1.49. The zero-order valence-electron chi connectivity index (χ0n) is 20.0. The first-order valence-electron chi connectivity index (χ1n) is 12.8. The summed E-state index contributed by atoms with van der Waals surface area (Å²) in [5.74, 6) is 2.53. The molecule has 0 bridgehead atoms. The van der Waals surface area contributed by atoms with Crippen molar-refractivity contribution in [2.75, 3.05) is 0 Å². The maximum atomic E-state index is 11.3. The van der Waals surface area contributed by atoms with Gasteiger partial charge in [0, 0.05) is 5.57 Å². The van der Waals surface area contributed by atoms with Crippen LogP contribution in [0.1, 0.15) is 91.9 Å². The van der Waals surface area contributed by atoms with E-state index in [4.69, 9.17) is 5.11 Å². The standard InChI is InChI=1S/C27H44O4/c1-16(6-5-7-17(2)25(30)31)20-8-9-21-24-22(11-13-27(20,21)4)26(3)12-10-19(28)14-18(26)15-23(24)29/h7,16,18-24,28-29H,5-6,8-15H2,1-4H3,(H,30,31)/b17-7-/t16-,18+,19-,20-,21+,22+,23+,24+,26+,27-/m1/s1. The van der Waals surface area contributed by atoms with Crippen molar-refractivity contribution in [1.82, 2.24) is 0 Å². The number of carboxylic acid groups (broad SMARTS) is 1. The normalized spacial score (nSPS) is 48.5. The number of rotatable bonds is 5. The molecule has 4 fully saturated rings. The molecule has 0 aromatic heterocycles. The highest BCUT2D eigenvalue weighted by molar-refractivity contribution is 5.85. The molecule has 0 spiro atoms. The number of hydrogen-bond acceptors (Lipinski definition) is 3. The van der Waals surface area contributed by atoms with E-state index >= 15 is 0 Å². The van der Waals surface area contributed by atoms with Gasteiger partial charge in [-0.25, -0.2) is 4.79 Å². The van der Waals surface area contributed by atoms with Crippen molar-refractivity contribution in [3.05, 3.63) is 11.6 Å². The molecular weight excluding hydrogens is 388 g/mol. The Morgan fingerprint density at radius 2 is 1.71 bits per heavy atom. The topological polar surface area (TPSA) is 77.8 Å². The highest BCUT2D eigenvalue weighted by Gasteiger charge is 2.62. The molecule has 0 heterocycles. The van der Waals surface area contributed by atoms with Crippen LogP contribution >= 0.6 is 0 Å². The smallest absolute Gasteiger partial charge is 0.330 e. The number of allylic oxidation sites excluding steroid dienone is 1. The molecule has 0 unspecified atom stereocenters. The van der Waals surface area contributed by atoms with E-state index in [1.54, 1.807) is 6.92 Å². The lowest BCUT2D eigenvalue weighted by molar-refractivity contribution is -0.174. The van der Waals surface area contributed by atoms with E-state index in [9.17, 15) is 15.0 Å². The van der Waals surface area contributed by atoms with E-state index in [1.165, 1.54) is 25.7 Å². The monoisotopic (exact) mass is 432 g/mol. The van der Waals surface area contributed by atoms with E-state index < -0.39 is 5.97 Å². The molecule has 176 valence electrons. The summed E-state index contributed by atoms with van der Waals surface area (Å²) in [5.41, 5.74) is 1.03. The van der Waals surface area contributed by atoms with Crippen LogP contribution in [0.3, 0.4) is 0 Å². The molecule has 0 aromatic rings. The third-order valence-corrected chi connectivity index (χ3v) is 10.8. The predicted octanol–water partition coefficient (Wildman–Crippen LogP) is 5.42. The van der Waals surface area contributed by atoms with Gasteiger partial charge in [0.1, 0.15) is 0 Å². The largest absolute Gasteiger partial charge is 0.478 e. The Hall–Kier alpha value is -0.870. The molecular formula is C27H44O4. The predicted molar refractivity (Wildman–Crippen MR) is 122 cm³/mol. The number of hydrogen-bond donors (Lipinski definition) is 3. The third-order valence-electron chi connectivity index (χ3n) is 10.8. The molecule has 4 aliphatic carbocycles. The van der Waals surface area contributed by atoms with Gasteiger partial charge in [0.2, 0.25) is 0 Å². The third kappa shape index (κ3) is 3.90. The van der Waals surface area contributed by atoms with Gasteiger partial charge in [-0.3, -0.25) is 0 Å². The molecule has 0 radical (unpaired) electrons. The van der Waals surface area contributed by atoms with Gasteiger partial charge in [-0.2, -0.15) is 0 Å². The molecule has 0 aliphatic heterocycles. The Morgan fingerprint density at radius 1 is 1.03 bits per heavy atom. The lowest BCUT2D eigenvalue weighted by atomic mass is 9.43. The zero-order chi connectivity index (χ0) is 22.6. The Labute approximate surface area is 188 Å². The highest BCUT2D eigenvalue weighted by Crippen LogP contribution is 2.68. The first kappa shape index (κ1) is 23.3. The van der Waals surface area contributed by atoms with Crippen molar-refractivity contribution in [3.8, 4) is 0 Å². The molecule has 31 heavy (non-hydrogen) atoms. The second-order valence-corrected chi connectivity index (χ2v) is 12.2. The fourth-order valence-electron chi connectivity index (χ4n) is 9.03. The Kier molecular flexibility index (Phi) is 6.37. The van der Waals surface area contributed by atoms with E-state index in [1.807, 2.05) is 6.08 Å². The fourth-order valence-corrected chi connectivity index (χ4v) is 9.03. The molecule has 10 atom stereocenters. The number of carboxylic acids is 1. The average Bonchev–Trinajstić information content (AvgIpc) is 3.06. The minimum absolute atomic E-state index is 0.175. The average molecular weight is 433 g/mol. The van der Waals surface area contributed by atoms with Crippen LogP contribution in [-0.2, 0) is 4.79 Å². The zero-order valence-corrected chi connectivity index (χ0v) is 20.0. The van der Waals surface area contributed by atoms with Crippen LogP contribution in [0.5, 0.6) is 0 Å². The summed E-state index contributed by atoms with van der Waals surface area (Å²) in [7, 11) is 0. The van der Waals surface area contributed by atoms with Crippen molar-refractivity contribution in [2.24, 2.45) is 46.3 Å². The second-order valence-electron chi connectivity index (χ2n) is 12.2. The molecule has 0 amide bonds. The van der Waals surface area contributed by atoms with Crippen molar-refractivity contribution in [1.29, 1.82) is 0 Å². The van der Waals surface area contributed by atoms with Gasteiger partial charge in [0.25, 0.3) is 0 Å². The first-order valence-corrected chi connectivity index (χ1v) is 12.8. The van der Waals surface area contributed by atoms with Crippen LogP contribution in [-0.4, -0.2) is 33.5 Å². The minimum atomic E-state index is -0.813. The Morgan fingerprint density at radius 3 is 2.42 bits per heavy atom. The number of aliphatic carboxylic acids is 1. The lowest BCUT2D eigenvalue weighted by Gasteiger charge is -2.62. The summed E-state index contributed by atoms with van der Waals surface area (Å²) in [4.78, 5) is 11.1. The number of carbonyl (C=O) groups is 1. The van der Waals surface area contributed by atoms with Crippen molar-refractivity contribution in [2.45, 2.75) is 104 Å². The number of aliphatic hydroxyl groups is 2. The molecule has 3 N–H and O–H groups in total. The first-order chi connectivity index (χ1) is 14.6. The van der Waals surface area contributed by atoms with E-state index in [2.05, 4.69) is 20.8 Å². The molecule has 4 aliphatic rings. The summed E-state index contributed by atoms with van der Waals surface area (Å²) >= 11 is 0. The van der Waals surface area contributed by atoms with Crippen LogP contribution in [0, 0.1) is 46.3 Å². The van der Waals surface area contributed by atoms with Gasteiger partial charge in [0.15, 0.2) is 0 Å². The molecule has 0 aromatic carbocycles. The van der Waals surface area contributed by atoms with Gasteiger partial charge in [-0.05, 0) is 117 Å². The minimum Gasteiger partial charge on any atom is -0.478 e. The molecule has 4 rings (SSSR count). The molecule has 4 heteroatoms. The van der Waals surface area contributed by atoms with Gasteiger partial charge in [-0.1, -0.05) is 26.8 Å². The van der Waals surface area contributed by atoms with Crippen LogP contribution in [0.4, 0.5) is 0 Å². The number of aliphatic hydroxyl groups excluding tert-OH is 2. The van der Waals surface area contributed by atoms with Gasteiger partial charge >= 0.3 is 5.97 Å². The maximum Gasteiger partial charge on any atom is 0.330 e. The van der Waals surface area contributed by atoms with Crippen molar-refractivity contribution < 1.29 is 20.1 Å².